The molecule has 1 amide bonds. The molecule has 2 aromatic carbocycles. The Kier molecular flexibility index (Phi) is 6.40. The Morgan fingerprint density at radius 2 is 1.77 bits per heavy atom. The van der Waals surface area contributed by atoms with Crippen molar-refractivity contribution in [3.8, 4) is 0 Å². The maximum atomic E-state index is 12.5. The van der Waals surface area contributed by atoms with Crippen molar-refractivity contribution < 1.29 is 24.4 Å². The number of carbonyl (C=O) groups is 2. The molecule has 2 N–H and O–H groups in total. The van der Waals surface area contributed by atoms with E-state index in [1.54, 1.807) is 36.4 Å². The van der Waals surface area contributed by atoms with Crippen LogP contribution in [0.5, 0.6) is 0 Å². The van der Waals surface area contributed by atoms with Gasteiger partial charge in [0.05, 0.1) is 4.92 Å². The second-order valence-electron chi connectivity index (χ2n) is 5.52. The van der Waals surface area contributed by atoms with Crippen LogP contribution in [0.1, 0.15) is 17.2 Å². The molecule has 0 unspecified atom stereocenters. The molecule has 0 aliphatic carbocycles. The molecule has 0 saturated carbocycles. The monoisotopic (exact) mass is 358 g/mol. The Hall–Kier alpha value is -3.26. The lowest BCUT2D eigenvalue weighted by molar-refractivity contribution is -0.385. The average molecular weight is 358 g/mol. The molecular weight excluding hydrogens is 340 g/mol. The van der Waals surface area contributed by atoms with Crippen LogP contribution >= 0.6 is 0 Å². The molecule has 8 heteroatoms. The van der Waals surface area contributed by atoms with Crippen LogP contribution in [0.3, 0.4) is 0 Å². The van der Waals surface area contributed by atoms with Crippen LogP contribution in [0.15, 0.2) is 54.6 Å². The first-order chi connectivity index (χ1) is 12.4. The second-order valence-corrected chi connectivity index (χ2v) is 5.52. The van der Waals surface area contributed by atoms with Crippen LogP contribution in [0.25, 0.3) is 0 Å². The van der Waals surface area contributed by atoms with E-state index >= 15 is 0 Å². The molecule has 2 atom stereocenters. The van der Waals surface area contributed by atoms with E-state index in [1.807, 2.05) is 0 Å². The van der Waals surface area contributed by atoms with Gasteiger partial charge in [0.25, 0.3) is 11.6 Å². The fourth-order valence-electron chi connectivity index (χ4n) is 2.55. The van der Waals surface area contributed by atoms with E-state index in [-0.39, 0.29) is 17.7 Å². The van der Waals surface area contributed by atoms with Gasteiger partial charge in [-0.1, -0.05) is 48.5 Å². The van der Waals surface area contributed by atoms with E-state index in [1.165, 1.54) is 25.3 Å². The first kappa shape index (κ1) is 19.1. The SMILES string of the molecule is CO[C@H](C(=O)N[C@@H](Cc1ccccc1[N+](=O)[O-])C(=O)O)c1ccccc1. The number of para-hydroxylation sites is 1. The van der Waals surface area contributed by atoms with E-state index in [9.17, 15) is 24.8 Å². The van der Waals surface area contributed by atoms with Crippen molar-refractivity contribution in [3.05, 3.63) is 75.8 Å². The lowest BCUT2D eigenvalue weighted by Crippen LogP contribution is -2.44. The predicted molar refractivity (Wildman–Crippen MR) is 92.6 cm³/mol. The second kappa shape index (κ2) is 8.72. The van der Waals surface area contributed by atoms with Crippen molar-refractivity contribution in [1.29, 1.82) is 0 Å². The van der Waals surface area contributed by atoms with Crippen molar-refractivity contribution in [3.63, 3.8) is 0 Å². The number of benzene rings is 2. The molecule has 0 bridgehead atoms. The zero-order chi connectivity index (χ0) is 19.1. The number of nitro groups is 1. The van der Waals surface area contributed by atoms with Gasteiger partial charge >= 0.3 is 5.97 Å². The molecule has 136 valence electrons. The highest BCUT2D eigenvalue weighted by Crippen LogP contribution is 2.21. The summed E-state index contributed by atoms with van der Waals surface area (Å²) in [5.41, 5.74) is 0.598. The fraction of sp³-hybridized carbons (Fsp3) is 0.222. The summed E-state index contributed by atoms with van der Waals surface area (Å²) in [7, 11) is 1.34. The van der Waals surface area contributed by atoms with Crippen molar-refractivity contribution in [1.82, 2.24) is 5.32 Å². The number of methoxy groups -OCH3 is 1. The predicted octanol–water partition coefficient (Wildman–Crippen LogP) is 2.09. The largest absolute Gasteiger partial charge is 0.480 e. The van der Waals surface area contributed by atoms with E-state index in [2.05, 4.69) is 5.32 Å². The Bertz CT molecular complexity index is 793. The third kappa shape index (κ3) is 4.64. The third-order valence-corrected chi connectivity index (χ3v) is 3.80. The molecule has 0 aliphatic heterocycles. The van der Waals surface area contributed by atoms with Crippen LogP contribution in [0.2, 0.25) is 0 Å². The number of ether oxygens (including phenoxy) is 1. The molecule has 26 heavy (non-hydrogen) atoms. The number of rotatable bonds is 8. The van der Waals surface area contributed by atoms with Crippen LogP contribution in [0.4, 0.5) is 5.69 Å². The summed E-state index contributed by atoms with van der Waals surface area (Å²) in [6, 6.07) is 13.1. The lowest BCUT2D eigenvalue weighted by atomic mass is 10.0. The normalized spacial score (nSPS) is 12.8. The number of carboxylic acids is 1. The number of carboxylic acid groups (broad SMARTS) is 1. The first-order valence-electron chi connectivity index (χ1n) is 7.77. The quantitative estimate of drug-likeness (QED) is 0.551. The summed E-state index contributed by atoms with van der Waals surface area (Å²) in [4.78, 5) is 34.5. The van der Waals surface area contributed by atoms with Gasteiger partial charge in [0.1, 0.15) is 6.04 Å². The average Bonchev–Trinajstić information content (AvgIpc) is 2.63. The summed E-state index contributed by atoms with van der Waals surface area (Å²) in [5, 5.41) is 22.9. The zero-order valence-corrected chi connectivity index (χ0v) is 14.0. The van der Waals surface area contributed by atoms with Crippen molar-refractivity contribution in [2.75, 3.05) is 7.11 Å². The van der Waals surface area contributed by atoms with Gasteiger partial charge in [-0.25, -0.2) is 4.79 Å². The lowest BCUT2D eigenvalue weighted by Gasteiger charge is -2.20. The van der Waals surface area contributed by atoms with Crippen molar-refractivity contribution >= 4 is 17.6 Å². The summed E-state index contributed by atoms with van der Waals surface area (Å²) in [6.45, 7) is 0. The number of hydrogen-bond acceptors (Lipinski definition) is 5. The van der Waals surface area contributed by atoms with E-state index in [0.29, 0.717) is 5.56 Å². The van der Waals surface area contributed by atoms with Gasteiger partial charge in [0, 0.05) is 25.2 Å². The Labute approximate surface area is 149 Å². The highest BCUT2D eigenvalue weighted by atomic mass is 16.6. The molecule has 0 radical (unpaired) electrons. The van der Waals surface area contributed by atoms with E-state index < -0.39 is 28.9 Å². The highest BCUT2D eigenvalue weighted by molar-refractivity contribution is 5.87. The van der Waals surface area contributed by atoms with Gasteiger partial charge in [0.15, 0.2) is 6.10 Å². The highest BCUT2D eigenvalue weighted by Gasteiger charge is 2.28. The number of nitrogens with zero attached hydrogens (tertiary/aromatic N) is 1. The molecule has 0 aromatic heterocycles. The topological polar surface area (TPSA) is 119 Å². The van der Waals surface area contributed by atoms with Crippen LogP contribution in [0, 0.1) is 10.1 Å². The smallest absolute Gasteiger partial charge is 0.326 e. The maximum absolute atomic E-state index is 12.5. The first-order valence-corrected chi connectivity index (χ1v) is 7.77. The van der Waals surface area contributed by atoms with Gasteiger partial charge in [0.2, 0.25) is 0 Å². The minimum absolute atomic E-state index is 0.195. The summed E-state index contributed by atoms with van der Waals surface area (Å²) in [5.74, 6) is -1.93. The Morgan fingerprint density at radius 1 is 1.15 bits per heavy atom. The minimum Gasteiger partial charge on any atom is -0.480 e. The summed E-state index contributed by atoms with van der Waals surface area (Å²) < 4.78 is 5.18. The standard InChI is InChI=1S/C18H18N2O6/c1-26-16(12-7-3-2-4-8-12)17(21)19-14(18(22)23)11-13-9-5-6-10-15(13)20(24)25/h2-10,14,16H,11H2,1H3,(H,19,21)(H,22,23)/t14-,16-/m0/s1. The molecule has 2 rings (SSSR count). The third-order valence-electron chi connectivity index (χ3n) is 3.80. The Balaban J connectivity index is 2.19. The van der Waals surface area contributed by atoms with Gasteiger partial charge in [-0.05, 0) is 5.56 Å². The fourth-order valence-corrected chi connectivity index (χ4v) is 2.55. The van der Waals surface area contributed by atoms with Crippen molar-refractivity contribution in [2.45, 2.75) is 18.6 Å². The van der Waals surface area contributed by atoms with Gasteiger partial charge in [-0.3, -0.25) is 14.9 Å². The molecule has 0 fully saturated rings. The molecular formula is C18H18N2O6. The molecule has 0 spiro atoms. The van der Waals surface area contributed by atoms with Gasteiger partial charge < -0.3 is 15.2 Å². The number of hydrogen-bond donors (Lipinski definition) is 2. The van der Waals surface area contributed by atoms with Crippen LogP contribution in [-0.4, -0.2) is 35.1 Å². The number of amides is 1. The number of nitrogens with one attached hydrogen (secondary N) is 1. The molecule has 0 saturated heterocycles. The number of carbonyl (C=O) groups excluding carboxylic acids is 1. The van der Waals surface area contributed by atoms with Crippen LogP contribution in [-0.2, 0) is 20.7 Å². The number of nitro benzene ring substituents is 1. The summed E-state index contributed by atoms with van der Waals surface area (Å²) in [6.07, 6.45) is -1.20. The van der Waals surface area contributed by atoms with E-state index in [0.717, 1.165) is 0 Å². The van der Waals surface area contributed by atoms with E-state index in [4.69, 9.17) is 4.74 Å². The summed E-state index contributed by atoms with van der Waals surface area (Å²) >= 11 is 0. The molecule has 0 aliphatic rings. The maximum Gasteiger partial charge on any atom is 0.326 e. The minimum atomic E-state index is -1.33. The molecule has 0 heterocycles. The Morgan fingerprint density at radius 3 is 2.35 bits per heavy atom. The van der Waals surface area contributed by atoms with Crippen molar-refractivity contribution in [2.24, 2.45) is 0 Å². The molecule has 2 aromatic rings. The zero-order valence-electron chi connectivity index (χ0n) is 14.0. The van der Waals surface area contributed by atoms with Gasteiger partial charge in [-0.15, -0.1) is 0 Å². The van der Waals surface area contributed by atoms with Crippen LogP contribution < -0.4 is 5.32 Å². The molecule has 8 nitrogen and oxygen atoms in total. The number of aliphatic carboxylic acids is 1. The van der Waals surface area contributed by atoms with Gasteiger partial charge in [-0.2, -0.15) is 0 Å².